The molecule has 1 amide bonds. The number of carbonyl (C=O) groups is 1. The van der Waals surface area contributed by atoms with Crippen LogP contribution in [0.5, 0.6) is 0 Å². The van der Waals surface area contributed by atoms with Crippen LogP contribution in [0.3, 0.4) is 0 Å². The minimum absolute atomic E-state index is 0.221. The fourth-order valence-corrected chi connectivity index (χ4v) is 3.19. The average Bonchev–Trinajstić information content (AvgIpc) is 2.65. The van der Waals surface area contributed by atoms with Gasteiger partial charge in [-0.05, 0) is 24.7 Å². The Balaban J connectivity index is 2.00. The predicted octanol–water partition coefficient (Wildman–Crippen LogP) is 0.870. The van der Waals surface area contributed by atoms with Crippen molar-refractivity contribution < 1.29 is 4.79 Å². The first-order chi connectivity index (χ1) is 7.20. The summed E-state index contributed by atoms with van der Waals surface area (Å²) in [5, 5.41) is 3.17. The maximum absolute atomic E-state index is 12.1. The number of rotatable bonds is 2. The Morgan fingerprint density at radius 3 is 2.73 bits per heavy atom. The molecule has 2 aliphatic heterocycles. The number of hydrogen-bond donors (Lipinski definition) is 1. The van der Waals surface area contributed by atoms with Crippen molar-refractivity contribution in [3.05, 3.63) is 11.1 Å². The summed E-state index contributed by atoms with van der Waals surface area (Å²) in [6.45, 7) is 3.74. The Hall–Kier alpha value is -0.480. The van der Waals surface area contributed by atoms with E-state index in [0.717, 1.165) is 30.8 Å². The number of carbonyl (C=O) groups excluding carboxylic acids is 1. The highest BCUT2D eigenvalue weighted by Gasteiger charge is 2.26. The van der Waals surface area contributed by atoms with Crippen LogP contribution in [0.25, 0.3) is 0 Å². The Kier molecular flexibility index (Phi) is 3.36. The third-order valence-electron chi connectivity index (χ3n) is 3.30. The second-order valence-corrected chi connectivity index (χ2v) is 5.42. The Morgan fingerprint density at radius 2 is 2.27 bits per heavy atom. The number of nitrogens with one attached hydrogen (secondary N) is 1. The minimum atomic E-state index is 0.221. The van der Waals surface area contributed by atoms with Gasteiger partial charge in [0, 0.05) is 37.5 Å². The molecule has 2 rings (SSSR count). The van der Waals surface area contributed by atoms with E-state index in [-0.39, 0.29) is 5.91 Å². The fraction of sp³-hybridized carbons (Fsp3) is 0.727. The maximum atomic E-state index is 12.1. The van der Waals surface area contributed by atoms with Crippen molar-refractivity contribution in [2.45, 2.75) is 19.4 Å². The van der Waals surface area contributed by atoms with Crippen molar-refractivity contribution in [3.8, 4) is 0 Å². The summed E-state index contributed by atoms with van der Waals surface area (Å²) in [6, 6.07) is 0.450. The lowest BCUT2D eigenvalue weighted by atomic mass is 10.0. The zero-order valence-electron chi connectivity index (χ0n) is 9.38. The molecule has 0 aliphatic carbocycles. The number of nitrogens with zero attached hydrogens (tertiary/aromatic N) is 1. The third-order valence-corrected chi connectivity index (χ3v) is 4.45. The predicted molar refractivity (Wildman–Crippen MR) is 64.1 cm³/mol. The zero-order chi connectivity index (χ0) is 10.8. The highest BCUT2D eigenvalue weighted by Crippen LogP contribution is 2.23. The van der Waals surface area contributed by atoms with E-state index in [0.29, 0.717) is 6.04 Å². The van der Waals surface area contributed by atoms with Crippen LogP contribution in [0.1, 0.15) is 13.3 Å². The maximum Gasteiger partial charge on any atom is 0.249 e. The van der Waals surface area contributed by atoms with E-state index in [1.54, 1.807) is 0 Å². The number of hydrogen-bond acceptors (Lipinski definition) is 3. The van der Waals surface area contributed by atoms with E-state index in [9.17, 15) is 4.79 Å². The molecule has 0 bridgehead atoms. The molecule has 0 aromatic heterocycles. The highest BCUT2D eigenvalue weighted by molar-refractivity contribution is 7.99. The van der Waals surface area contributed by atoms with E-state index in [1.807, 2.05) is 30.6 Å². The molecular weight excluding hydrogens is 208 g/mol. The van der Waals surface area contributed by atoms with Crippen molar-refractivity contribution in [1.29, 1.82) is 0 Å². The molecule has 0 radical (unpaired) electrons. The second kappa shape index (κ2) is 4.58. The summed E-state index contributed by atoms with van der Waals surface area (Å²) < 4.78 is 0. The zero-order valence-corrected chi connectivity index (χ0v) is 10.2. The van der Waals surface area contributed by atoms with Crippen LogP contribution in [-0.2, 0) is 4.79 Å². The normalized spacial score (nSPS) is 24.9. The summed E-state index contributed by atoms with van der Waals surface area (Å²) in [5.74, 6) is 2.52. The molecule has 84 valence electrons. The highest BCUT2D eigenvalue weighted by atomic mass is 32.2. The van der Waals surface area contributed by atoms with Crippen LogP contribution in [0, 0.1) is 0 Å². The lowest BCUT2D eigenvalue weighted by Gasteiger charge is -2.27. The molecule has 0 aromatic rings. The molecular formula is C11H18N2OS. The van der Waals surface area contributed by atoms with Gasteiger partial charge in [0.1, 0.15) is 0 Å². The SMILES string of the molecule is CC(C(=O)N(C)C1CCSC1)=C1CNC1. The molecule has 1 unspecified atom stereocenters. The molecule has 0 spiro atoms. The van der Waals surface area contributed by atoms with Gasteiger partial charge in [0.15, 0.2) is 0 Å². The molecule has 2 fully saturated rings. The number of likely N-dealkylation sites (N-methyl/N-ethyl adjacent to an activating group) is 1. The molecule has 3 nitrogen and oxygen atoms in total. The first-order valence-corrected chi connectivity index (χ1v) is 6.60. The monoisotopic (exact) mass is 226 g/mol. The smallest absolute Gasteiger partial charge is 0.249 e. The van der Waals surface area contributed by atoms with Crippen LogP contribution >= 0.6 is 11.8 Å². The largest absolute Gasteiger partial charge is 0.338 e. The Morgan fingerprint density at radius 1 is 1.53 bits per heavy atom. The van der Waals surface area contributed by atoms with Crippen molar-refractivity contribution in [2.75, 3.05) is 31.6 Å². The first kappa shape index (κ1) is 11.0. The summed E-state index contributed by atoms with van der Waals surface area (Å²) in [5.41, 5.74) is 2.23. The number of amides is 1. The van der Waals surface area contributed by atoms with Crippen molar-refractivity contribution in [1.82, 2.24) is 10.2 Å². The van der Waals surface area contributed by atoms with Gasteiger partial charge in [-0.15, -0.1) is 0 Å². The van der Waals surface area contributed by atoms with E-state index in [1.165, 1.54) is 11.3 Å². The van der Waals surface area contributed by atoms with Crippen LogP contribution in [0.2, 0.25) is 0 Å². The van der Waals surface area contributed by atoms with Gasteiger partial charge in [0.2, 0.25) is 5.91 Å². The molecule has 1 atom stereocenters. The molecule has 15 heavy (non-hydrogen) atoms. The van der Waals surface area contributed by atoms with Gasteiger partial charge in [-0.1, -0.05) is 0 Å². The Labute approximate surface area is 95.3 Å². The van der Waals surface area contributed by atoms with Gasteiger partial charge < -0.3 is 10.2 Å². The van der Waals surface area contributed by atoms with E-state index < -0.39 is 0 Å². The molecule has 4 heteroatoms. The quantitative estimate of drug-likeness (QED) is 0.709. The standard InChI is InChI=1S/C11H18N2OS/c1-8(9-5-12-6-9)11(14)13(2)10-3-4-15-7-10/h10,12H,3-7H2,1-2H3. The molecule has 2 heterocycles. The van der Waals surface area contributed by atoms with Crippen molar-refractivity contribution in [2.24, 2.45) is 0 Å². The minimum Gasteiger partial charge on any atom is -0.338 e. The van der Waals surface area contributed by atoms with Crippen LogP contribution in [-0.4, -0.2) is 48.5 Å². The summed E-state index contributed by atoms with van der Waals surface area (Å²) in [4.78, 5) is 14.0. The molecule has 1 N–H and O–H groups in total. The molecule has 0 aromatic carbocycles. The molecule has 2 aliphatic rings. The third kappa shape index (κ3) is 2.21. The molecule has 2 saturated heterocycles. The topological polar surface area (TPSA) is 32.3 Å². The Bertz CT molecular complexity index is 289. The van der Waals surface area contributed by atoms with Gasteiger partial charge in [-0.2, -0.15) is 11.8 Å². The van der Waals surface area contributed by atoms with Crippen molar-refractivity contribution >= 4 is 17.7 Å². The second-order valence-electron chi connectivity index (χ2n) is 4.27. The van der Waals surface area contributed by atoms with Crippen LogP contribution < -0.4 is 5.32 Å². The first-order valence-electron chi connectivity index (χ1n) is 5.44. The van der Waals surface area contributed by atoms with Crippen LogP contribution in [0.15, 0.2) is 11.1 Å². The number of thioether (sulfide) groups is 1. The summed E-state index contributed by atoms with van der Waals surface area (Å²) in [6.07, 6.45) is 1.15. The molecule has 0 saturated carbocycles. The average molecular weight is 226 g/mol. The van der Waals surface area contributed by atoms with Gasteiger partial charge in [-0.25, -0.2) is 0 Å². The van der Waals surface area contributed by atoms with E-state index in [4.69, 9.17) is 0 Å². The van der Waals surface area contributed by atoms with E-state index >= 15 is 0 Å². The van der Waals surface area contributed by atoms with Crippen molar-refractivity contribution in [3.63, 3.8) is 0 Å². The lowest BCUT2D eigenvalue weighted by Crippen LogP contribution is -2.41. The summed E-state index contributed by atoms with van der Waals surface area (Å²) >= 11 is 1.95. The summed E-state index contributed by atoms with van der Waals surface area (Å²) in [7, 11) is 1.94. The van der Waals surface area contributed by atoms with Gasteiger partial charge in [0.05, 0.1) is 0 Å². The fourth-order valence-electron chi connectivity index (χ4n) is 1.92. The van der Waals surface area contributed by atoms with Gasteiger partial charge >= 0.3 is 0 Å². The van der Waals surface area contributed by atoms with E-state index in [2.05, 4.69) is 5.32 Å². The van der Waals surface area contributed by atoms with Crippen LogP contribution in [0.4, 0.5) is 0 Å². The van der Waals surface area contributed by atoms with Gasteiger partial charge in [-0.3, -0.25) is 4.79 Å². The lowest BCUT2D eigenvalue weighted by molar-refractivity contribution is -0.127. The van der Waals surface area contributed by atoms with Gasteiger partial charge in [0.25, 0.3) is 0 Å².